The minimum Gasteiger partial charge on any atom is -0.463 e. The minimum absolute atomic E-state index is 0.00591. The SMILES string of the molecule is COCCOC(=O)CCC(=O)NCc1ccc(S(N)(=O)=O)cc1. The van der Waals surface area contributed by atoms with E-state index in [0.29, 0.717) is 12.2 Å². The minimum atomic E-state index is -3.73. The summed E-state index contributed by atoms with van der Waals surface area (Å²) in [5, 5.41) is 7.62. The number of carbonyl (C=O) groups excluding carboxylic acids is 2. The third-order valence-corrected chi connectivity index (χ3v) is 3.78. The first-order chi connectivity index (χ1) is 10.8. The van der Waals surface area contributed by atoms with Crippen LogP contribution in [0.5, 0.6) is 0 Å². The van der Waals surface area contributed by atoms with Crippen molar-refractivity contribution < 1.29 is 27.5 Å². The van der Waals surface area contributed by atoms with E-state index in [2.05, 4.69) is 5.32 Å². The quantitative estimate of drug-likeness (QED) is 0.477. The second-order valence-electron chi connectivity index (χ2n) is 4.68. The molecule has 128 valence electrons. The van der Waals surface area contributed by atoms with Crippen molar-refractivity contribution in [3.05, 3.63) is 29.8 Å². The third-order valence-electron chi connectivity index (χ3n) is 2.85. The standard InChI is InChI=1S/C14H20N2O6S/c1-21-8-9-22-14(18)7-6-13(17)16-10-11-2-4-12(5-3-11)23(15,19)20/h2-5H,6-10H2,1H3,(H,16,17)(H2,15,19,20). The van der Waals surface area contributed by atoms with Gasteiger partial charge in [0.2, 0.25) is 15.9 Å². The topological polar surface area (TPSA) is 125 Å². The van der Waals surface area contributed by atoms with Gasteiger partial charge in [0.15, 0.2) is 0 Å². The van der Waals surface area contributed by atoms with E-state index in [1.54, 1.807) is 12.1 Å². The van der Waals surface area contributed by atoms with Gasteiger partial charge in [-0.2, -0.15) is 0 Å². The maximum Gasteiger partial charge on any atom is 0.306 e. The molecule has 1 aromatic rings. The molecule has 3 N–H and O–H groups in total. The van der Waals surface area contributed by atoms with Crippen LogP contribution in [-0.4, -0.2) is 40.6 Å². The molecule has 23 heavy (non-hydrogen) atoms. The number of methoxy groups -OCH3 is 1. The van der Waals surface area contributed by atoms with E-state index in [1.165, 1.54) is 19.2 Å². The number of esters is 1. The zero-order valence-electron chi connectivity index (χ0n) is 12.8. The largest absolute Gasteiger partial charge is 0.463 e. The highest BCUT2D eigenvalue weighted by Gasteiger charge is 2.09. The summed E-state index contributed by atoms with van der Waals surface area (Å²) >= 11 is 0. The van der Waals surface area contributed by atoms with Gasteiger partial charge in [-0.25, -0.2) is 13.6 Å². The van der Waals surface area contributed by atoms with Gasteiger partial charge in [-0.1, -0.05) is 12.1 Å². The summed E-state index contributed by atoms with van der Waals surface area (Å²) in [6, 6.07) is 5.84. The number of sulfonamides is 1. The molecule has 0 radical (unpaired) electrons. The van der Waals surface area contributed by atoms with Gasteiger partial charge in [0, 0.05) is 20.1 Å². The van der Waals surface area contributed by atoms with Crippen LogP contribution in [0.2, 0.25) is 0 Å². The molecule has 0 aromatic heterocycles. The Morgan fingerprint density at radius 2 is 1.78 bits per heavy atom. The molecular weight excluding hydrogens is 324 g/mol. The lowest BCUT2D eigenvalue weighted by Gasteiger charge is -2.06. The molecule has 0 atom stereocenters. The molecule has 0 saturated heterocycles. The van der Waals surface area contributed by atoms with Crippen LogP contribution in [0.1, 0.15) is 18.4 Å². The number of rotatable bonds is 9. The molecular formula is C14H20N2O6S. The van der Waals surface area contributed by atoms with Crippen LogP contribution in [0.25, 0.3) is 0 Å². The number of amides is 1. The maximum atomic E-state index is 11.6. The van der Waals surface area contributed by atoms with Crippen LogP contribution in [-0.2, 0) is 35.6 Å². The van der Waals surface area contributed by atoms with E-state index in [4.69, 9.17) is 14.6 Å². The van der Waals surface area contributed by atoms with Gasteiger partial charge in [0.25, 0.3) is 0 Å². The Labute approximate surface area is 135 Å². The van der Waals surface area contributed by atoms with Gasteiger partial charge in [-0.15, -0.1) is 0 Å². The second kappa shape index (κ2) is 9.23. The van der Waals surface area contributed by atoms with Crippen molar-refractivity contribution in [2.45, 2.75) is 24.3 Å². The summed E-state index contributed by atoms with van der Waals surface area (Å²) in [7, 11) is -2.23. The van der Waals surface area contributed by atoms with Crippen LogP contribution in [0, 0.1) is 0 Å². The van der Waals surface area contributed by atoms with E-state index in [1.807, 2.05) is 0 Å². The van der Waals surface area contributed by atoms with Crippen LogP contribution in [0.15, 0.2) is 29.2 Å². The summed E-state index contributed by atoms with van der Waals surface area (Å²) in [6.07, 6.45) is 0.000973. The number of hydrogen-bond donors (Lipinski definition) is 2. The Morgan fingerprint density at radius 1 is 1.13 bits per heavy atom. The van der Waals surface area contributed by atoms with Gasteiger partial charge in [0.1, 0.15) is 6.61 Å². The van der Waals surface area contributed by atoms with E-state index < -0.39 is 16.0 Å². The molecule has 0 unspecified atom stereocenters. The lowest BCUT2D eigenvalue weighted by Crippen LogP contribution is -2.23. The number of ether oxygens (including phenoxy) is 2. The van der Waals surface area contributed by atoms with Crippen molar-refractivity contribution in [3.63, 3.8) is 0 Å². The predicted molar refractivity (Wildman–Crippen MR) is 81.7 cm³/mol. The molecule has 1 rings (SSSR count). The van der Waals surface area contributed by atoms with E-state index in [0.717, 1.165) is 0 Å². The Morgan fingerprint density at radius 3 is 2.35 bits per heavy atom. The smallest absolute Gasteiger partial charge is 0.306 e. The molecule has 0 bridgehead atoms. The van der Waals surface area contributed by atoms with Gasteiger partial charge in [-0.3, -0.25) is 9.59 Å². The van der Waals surface area contributed by atoms with Crippen LogP contribution >= 0.6 is 0 Å². The summed E-state index contributed by atoms with van der Waals surface area (Å²) in [5.74, 6) is -0.765. The fraction of sp³-hybridized carbons (Fsp3) is 0.429. The number of benzene rings is 1. The Kier molecular flexibility index (Phi) is 7.66. The molecule has 0 aliphatic heterocycles. The van der Waals surface area contributed by atoms with Gasteiger partial charge < -0.3 is 14.8 Å². The molecule has 0 fully saturated rings. The fourth-order valence-electron chi connectivity index (χ4n) is 1.61. The molecule has 0 heterocycles. The molecule has 0 aliphatic rings. The summed E-state index contributed by atoms with van der Waals surface area (Å²) in [6.45, 7) is 0.697. The number of primary sulfonamides is 1. The number of carbonyl (C=O) groups is 2. The average Bonchev–Trinajstić information content (AvgIpc) is 2.50. The lowest BCUT2D eigenvalue weighted by atomic mass is 10.2. The molecule has 9 heteroatoms. The van der Waals surface area contributed by atoms with Crippen molar-refractivity contribution in [1.82, 2.24) is 5.32 Å². The first kappa shape index (κ1) is 19.1. The zero-order chi connectivity index (χ0) is 17.3. The Hall–Kier alpha value is -1.97. The molecule has 8 nitrogen and oxygen atoms in total. The van der Waals surface area contributed by atoms with Crippen molar-refractivity contribution in [3.8, 4) is 0 Å². The molecule has 0 saturated carbocycles. The Balaban J connectivity index is 2.32. The monoisotopic (exact) mass is 344 g/mol. The molecule has 1 aromatic carbocycles. The zero-order valence-corrected chi connectivity index (χ0v) is 13.6. The van der Waals surface area contributed by atoms with E-state index in [-0.39, 0.29) is 36.8 Å². The number of nitrogens with two attached hydrogens (primary N) is 1. The van der Waals surface area contributed by atoms with Gasteiger partial charge in [-0.05, 0) is 17.7 Å². The third kappa shape index (κ3) is 7.73. The highest BCUT2D eigenvalue weighted by molar-refractivity contribution is 7.89. The highest BCUT2D eigenvalue weighted by atomic mass is 32.2. The number of hydrogen-bond acceptors (Lipinski definition) is 6. The van der Waals surface area contributed by atoms with Gasteiger partial charge >= 0.3 is 5.97 Å². The van der Waals surface area contributed by atoms with Crippen molar-refractivity contribution in [1.29, 1.82) is 0 Å². The molecule has 0 spiro atoms. The summed E-state index contributed by atoms with van der Waals surface area (Å²) in [4.78, 5) is 22.9. The Bertz CT molecular complexity index is 627. The lowest BCUT2D eigenvalue weighted by molar-refractivity contribution is -0.146. The average molecular weight is 344 g/mol. The summed E-state index contributed by atoms with van der Waals surface area (Å²) in [5.41, 5.74) is 0.716. The normalized spacial score (nSPS) is 11.0. The van der Waals surface area contributed by atoms with Crippen LogP contribution in [0.3, 0.4) is 0 Å². The highest BCUT2D eigenvalue weighted by Crippen LogP contribution is 2.08. The summed E-state index contributed by atoms with van der Waals surface area (Å²) < 4.78 is 31.8. The maximum absolute atomic E-state index is 11.6. The number of nitrogens with one attached hydrogen (secondary N) is 1. The molecule has 0 aliphatic carbocycles. The van der Waals surface area contributed by atoms with Crippen LogP contribution in [0.4, 0.5) is 0 Å². The second-order valence-corrected chi connectivity index (χ2v) is 6.24. The van der Waals surface area contributed by atoms with Crippen molar-refractivity contribution >= 4 is 21.9 Å². The van der Waals surface area contributed by atoms with Crippen molar-refractivity contribution in [2.24, 2.45) is 5.14 Å². The van der Waals surface area contributed by atoms with Crippen molar-refractivity contribution in [2.75, 3.05) is 20.3 Å². The predicted octanol–water partition coefficient (Wildman–Crippen LogP) is -0.0800. The first-order valence-corrected chi connectivity index (χ1v) is 8.40. The van der Waals surface area contributed by atoms with E-state index in [9.17, 15) is 18.0 Å². The van der Waals surface area contributed by atoms with Gasteiger partial charge in [0.05, 0.1) is 17.9 Å². The first-order valence-electron chi connectivity index (χ1n) is 6.86. The molecule has 1 amide bonds. The van der Waals surface area contributed by atoms with E-state index >= 15 is 0 Å². The fourth-order valence-corrected chi connectivity index (χ4v) is 2.13. The van der Waals surface area contributed by atoms with Crippen LogP contribution < -0.4 is 10.5 Å².